The van der Waals surface area contributed by atoms with Crippen LogP contribution in [-0.4, -0.2) is 45.2 Å². The minimum Gasteiger partial charge on any atom is -0.494 e. The van der Waals surface area contributed by atoms with Crippen molar-refractivity contribution in [3.63, 3.8) is 0 Å². The van der Waals surface area contributed by atoms with Gasteiger partial charge in [0.05, 0.1) is 36.8 Å². The third-order valence-electron chi connectivity index (χ3n) is 5.88. The van der Waals surface area contributed by atoms with Gasteiger partial charge in [0, 0.05) is 18.6 Å². The van der Waals surface area contributed by atoms with Crippen molar-refractivity contribution < 1.29 is 18.3 Å². The smallest absolute Gasteiger partial charge is 0.265 e. The van der Waals surface area contributed by atoms with Crippen LogP contribution >= 0.6 is 0 Å². The number of aliphatic hydroxyl groups is 1. The van der Waals surface area contributed by atoms with Crippen LogP contribution < -0.4 is 9.46 Å². The molecule has 3 heterocycles. The average Bonchev–Trinajstić information content (AvgIpc) is 3.47. The predicted octanol–water partition coefficient (Wildman–Crippen LogP) is 2.97. The van der Waals surface area contributed by atoms with E-state index in [1.807, 2.05) is 19.9 Å². The van der Waals surface area contributed by atoms with Crippen molar-refractivity contribution >= 4 is 26.6 Å². The third-order valence-corrected chi connectivity index (χ3v) is 7.18. The van der Waals surface area contributed by atoms with Gasteiger partial charge in [-0.1, -0.05) is 13.8 Å². The maximum atomic E-state index is 13.2. The highest BCUT2D eigenvalue weighted by Crippen LogP contribution is 2.34. The van der Waals surface area contributed by atoms with E-state index in [4.69, 9.17) is 4.74 Å². The summed E-state index contributed by atoms with van der Waals surface area (Å²) in [6, 6.07) is 6.95. The van der Waals surface area contributed by atoms with Gasteiger partial charge in [0.25, 0.3) is 10.0 Å². The highest BCUT2D eigenvalue weighted by molar-refractivity contribution is 7.92. The summed E-state index contributed by atoms with van der Waals surface area (Å²) in [6.45, 7) is 3.82. The molecule has 0 aliphatic carbocycles. The lowest BCUT2D eigenvalue weighted by atomic mass is 9.89. The first kappa shape index (κ1) is 22.7. The second-order valence-electron chi connectivity index (χ2n) is 7.72. The number of ether oxygens (including phenoxy) is 1. The molecule has 33 heavy (non-hydrogen) atoms. The van der Waals surface area contributed by atoms with Gasteiger partial charge in [0.2, 0.25) is 0 Å². The first-order valence-corrected chi connectivity index (χ1v) is 12.0. The summed E-state index contributed by atoms with van der Waals surface area (Å²) in [6.07, 6.45) is 6.92. The number of sulfonamides is 1. The number of hydrogen-bond acceptors (Lipinski definition) is 7. The van der Waals surface area contributed by atoms with Crippen LogP contribution in [0.15, 0.2) is 53.9 Å². The van der Waals surface area contributed by atoms with Crippen LogP contribution in [0.4, 0.5) is 5.69 Å². The molecule has 174 valence electrons. The van der Waals surface area contributed by atoms with E-state index in [0.29, 0.717) is 41.2 Å². The Morgan fingerprint density at radius 2 is 1.91 bits per heavy atom. The molecule has 1 aromatic carbocycles. The van der Waals surface area contributed by atoms with Gasteiger partial charge < -0.3 is 9.84 Å². The van der Waals surface area contributed by atoms with E-state index in [0.717, 1.165) is 5.39 Å². The Balaban J connectivity index is 1.70. The van der Waals surface area contributed by atoms with E-state index in [-0.39, 0.29) is 4.90 Å². The van der Waals surface area contributed by atoms with Crippen LogP contribution in [0, 0.1) is 0 Å². The maximum absolute atomic E-state index is 13.2. The molecule has 0 atom stereocenters. The summed E-state index contributed by atoms with van der Waals surface area (Å²) < 4.78 is 37.3. The molecule has 2 N–H and O–H groups in total. The van der Waals surface area contributed by atoms with E-state index >= 15 is 0 Å². The summed E-state index contributed by atoms with van der Waals surface area (Å²) in [7, 11) is -0.800. The number of nitrogens with zero attached hydrogens (tertiary/aromatic N) is 5. The van der Waals surface area contributed by atoms with Crippen LogP contribution in [0.3, 0.4) is 0 Å². The number of aromatic nitrogens is 5. The van der Waals surface area contributed by atoms with Crippen molar-refractivity contribution in [3.8, 4) is 11.6 Å². The van der Waals surface area contributed by atoms with E-state index in [1.165, 1.54) is 24.2 Å². The van der Waals surface area contributed by atoms with Crippen molar-refractivity contribution in [3.05, 3.63) is 54.6 Å². The fourth-order valence-corrected chi connectivity index (χ4v) is 4.78. The van der Waals surface area contributed by atoms with E-state index < -0.39 is 15.6 Å². The van der Waals surface area contributed by atoms with Gasteiger partial charge in [-0.25, -0.2) is 18.1 Å². The van der Waals surface area contributed by atoms with Crippen molar-refractivity contribution in [1.82, 2.24) is 24.5 Å². The van der Waals surface area contributed by atoms with Gasteiger partial charge in [-0.2, -0.15) is 10.2 Å². The van der Waals surface area contributed by atoms with Crippen LogP contribution in [0.25, 0.3) is 16.7 Å². The highest BCUT2D eigenvalue weighted by atomic mass is 32.2. The van der Waals surface area contributed by atoms with Gasteiger partial charge >= 0.3 is 0 Å². The molecule has 0 unspecified atom stereocenters. The van der Waals surface area contributed by atoms with Gasteiger partial charge in [0.15, 0.2) is 5.82 Å². The molecule has 0 spiro atoms. The molecule has 10 nitrogen and oxygen atoms in total. The van der Waals surface area contributed by atoms with E-state index in [9.17, 15) is 13.5 Å². The van der Waals surface area contributed by atoms with Gasteiger partial charge in [-0.05, 0) is 42.7 Å². The normalized spacial score (nSPS) is 12.3. The lowest BCUT2D eigenvalue weighted by Gasteiger charge is -2.25. The summed E-state index contributed by atoms with van der Waals surface area (Å²) in [4.78, 5) is 4.24. The lowest BCUT2D eigenvalue weighted by Crippen LogP contribution is -2.23. The number of aryl methyl sites for hydroxylation is 1. The zero-order valence-corrected chi connectivity index (χ0v) is 19.7. The number of hydrogen-bond donors (Lipinski definition) is 2. The van der Waals surface area contributed by atoms with Crippen LogP contribution in [0.5, 0.6) is 5.75 Å². The minimum absolute atomic E-state index is 0.0443. The lowest BCUT2D eigenvalue weighted by molar-refractivity contribution is 0.0283. The van der Waals surface area contributed by atoms with Crippen LogP contribution in [0.1, 0.15) is 32.3 Å². The first-order valence-electron chi connectivity index (χ1n) is 10.5. The summed E-state index contributed by atoms with van der Waals surface area (Å²) in [5.41, 5.74) is 0.597. The molecule has 0 saturated carbocycles. The first-order chi connectivity index (χ1) is 15.7. The van der Waals surface area contributed by atoms with Crippen molar-refractivity contribution in [2.24, 2.45) is 7.05 Å². The summed E-state index contributed by atoms with van der Waals surface area (Å²) in [5.74, 6) is 0.774. The molecule has 0 aliphatic rings. The molecule has 0 saturated heterocycles. The second-order valence-corrected chi connectivity index (χ2v) is 9.40. The topological polar surface area (TPSA) is 124 Å². The summed E-state index contributed by atoms with van der Waals surface area (Å²) in [5, 5.41) is 20.0. The fourth-order valence-electron chi connectivity index (χ4n) is 3.77. The third kappa shape index (κ3) is 4.05. The second kappa shape index (κ2) is 8.49. The van der Waals surface area contributed by atoms with Gasteiger partial charge in [-0.3, -0.25) is 9.40 Å². The zero-order chi connectivity index (χ0) is 23.8. The SMILES string of the molecule is CCC(O)(CC)c1ccnc(-n2cc(S(=O)(=O)Nc3c(OC)ccc4cnn(C)c34)cn2)c1. The number of anilines is 1. The van der Waals surface area contributed by atoms with Gasteiger partial charge in [0.1, 0.15) is 16.3 Å². The molecular formula is C22H26N6O4S. The molecule has 4 rings (SSSR count). The van der Waals surface area contributed by atoms with E-state index in [2.05, 4.69) is 19.9 Å². The number of nitrogens with one attached hydrogen (secondary N) is 1. The van der Waals surface area contributed by atoms with Crippen LogP contribution in [0.2, 0.25) is 0 Å². The predicted molar refractivity (Wildman–Crippen MR) is 124 cm³/mol. The quantitative estimate of drug-likeness (QED) is 0.406. The molecule has 3 aromatic heterocycles. The van der Waals surface area contributed by atoms with Crippen LogP contribution in [-0.2, 0) is 22.7 Å². The Morgan fingerprint density at radius 3 is 2.61 bits per heavy atom. The Morgan fingerprint density at radius 1 is 1.15 bits per heavy atom. The maximum Gasteiger partial charge on any atom is 0.265 e. The van der Waals surface area contributed by atoms with Gasteiger partial charge in [-0.15, -0.1) is 0 Å². The molecule has 11 heteroatoms. The molecule has 0 amide bonds. The molecule has 0 bridgehead atoms. The molecule has 0 aliphatic heterocycles. The number of pyridine rings is 1. The van der Waals surface area contributed by atoms with E-state index in [1.54, 1.807) is 42.3 Å². The fraction of sp³-hybridized carbons (Fsp3) is 0.318. The average molecular weight is 471 g/mol. The number of rotatable bonds is 8. The molecular weight excluding hydrogens is 444 g/mol. The number of methoxy groups -OCH3 is 1. The Labute approximate surface area is 191 Å². The zero-order valence-electron chi connectivity index (χ0n) is 18.8. The number of fused-ring (bicyclic) bond motifs is 1. The number of benzene rings is 1. The summed E-state index contributed by atoms with van der Waals surface area (Å²) >= 11 is 0. The molecule has 0 radical (unpaired) electrons. The standard InChI is InChI=1S/C22H26N6O4S/c1-5-22(29,6-2)16-9-10-23-19(11-16)28-14-17(13-25-28)33(30,31)26-20-18(32-4)8-7-15-12-24-27(3)21(15)20/h7-14,26,29H,5-6H2,1-4H3. The molecule has 0 fully saturated rings. The minimum atomic E-state index is -4.00. The monoisotopic (exact) mass is 470 g/mol. The largest absolute Gasteiger partial charge is 0.494 e. The Bertz CT molecular complexity index is 1410. The van der Waals surface area contributed by atoms with Crippen molar-refractivity contribution in [2.45, 2.75) is 37.2 Å². The highest BCUT2D eigenvalue weighted by Gasteiger charge is 2.26. The Kier molecular flexibility index (Phi) is 5.85. The Hall–Kier alpha value is -3.44. The van der Waals surface area contributed by atoms with Crippen molar-refractivity contribution in [1.29, 1.82) is 0 Å². The van der Waals surface area contributed by atoms with Crippen molar-refractivity contribution in [2.75, 3.05) is 11.8 Å². The molecule has 4 aromatic rings.